The number of thioether (sulfide) groups is 2. The molecule has 0 spiro atoms. The van der Waals surface area contributed by atoms with Gasteiger partial charge in [-0.05, 0) is 54.9 Å². The highest BCUT2D eigenvalue weighted by atomic mass is 35.5. The van der Waals surface area contributed by atoms with E-state index in [1.54, 1.807) is 0 Å². The lowest BCUT2D eigenvalue weighted by Gasteiger charge is -2.34. The lowest BCUT2D eigenvalue weighted by molar-refractivity contribution is 0.229. The van der Waals surface area contributed by atoms with Crippen molar-refractivity contribution in [2.45, 2.75) is 35.8 Å². The quantitative estimate of drug-likeness (QED) is 0.866. The number of halogens is 1. The Morgan fingerprint density at radius 3 is 2.39 bits per heavy atom. The standard InChI is InChI=1S/C16H19N3OS2.ClH/c17-16(7-1-8-16)15-18-13(20-19-15)11-3-5-12(6-4-11)14-21-9-2-10-22-14;/h3-6,14H,1-2,7-10,17H2;1H. The minimum atomic E-state index is -0.364. The molecule has 0 amide bonds. The predicted octanol–water partition coefficient (Wildman–Crippen LogP) is 4.37. The summed E-state index contributed by atoms with van der Waals surface area (Å²) < 4.78 is 5.97. The summed E-state index contributed by atoms with van der Waals surface area (Å²) in [6.45, 7) is 0. The van der Waals surface area contributed by atoms with Crippen molar-refractivity contribution >= 4 is 35.9 Å². The summed E-state index contributed by atoms with van der Waals surface area (Å²) in [6.07, 6.45) is 4.35. The fraction of sp³-hybridized carbons (Fsp3) is 0.500. The summed E-state index contributed by atoms with van der Waals surface area (Å²) in [7, 11) is 0. The Morgan fingerprint density at radius 2 is 1.78 bits per heavy atom. The van der Waals surface area contributed by atoms with Crippen molar-refractivity contribution in [1.29, 1.82) is 0 Å². The number of rotatable bonds is 3. The molecule has 1 aromatic carbocycles. The normalized spacial score (nSPS) is 20.6. The van der Waals surface area contributed by atoms with Gasteiger partial charge in [-0.1, -0.05) is 17.3 Å². The van der Waals surface area contributed by atoms with Crippen LogP contribution in [0.3, 0.4) is 0 Å². The summed E-state index contributed by atoms with van der Waals surface area (Å²) in [6, 6.07) is 8.51. The van der Waals surface area contributed by atoms with E-state index in [-0.39, 0.29) is 17.9 Å². The first-order valence-electron chi connectivity index (χ1n) is 7.71. The molecule has 1 aromatic heterocycles. The van der Waals surface area contributed by atoms with E-state index in [4.69, 9.17) is 10.3 Å². The molecule has 1 saturated heterocycles. The van der Waals surface area contributed by atoms with E-state index in [0.29, 0.717) is 16.3 Å². The van der Waals surface area contributed by atoms with Gasteiger partial charge in [0.1, 0.15) is 0 Å². The molecule has 0 unspecified atom stereocenters. The number of benzene rings is 1. The first-order chi connectivity index (χ1) is 10.7. The third-order valence-electron chi connectivity index (χ3n) is 4.37. The summed E-state index contributed by atoms with van der Waals surface area (Å²) in [5.41, 5.74) is 8.22. The van der Waals surface area contributed by atoms with E-state index in [2.05, 4.69) is 34.4 Å². The van der Waals surface area contributed by atoms with Crippen molar-refractivity contribution in [2.24, 2.45) is 5.73 Å². The van der Waals surface area contributed by atoms with Crippen LogP contribution in [0.25, 0.3) is 11.5 Å². The third-order valence-corrected chi connectivity index (χ3v) is 7.39. The van der Waals surface area contributed by atoms with Crippen molar-refractivity contribution in [2.75, 3.05) is 11.5 Å². The van der Waals surface area contributed by atoms with Crippen LogP contribution in [0.15, 0.2) is 28.8 Å². The van der Waals surface area contributed by atoms with Gasteiger partial charge in [0, 0.05) is 5.56 Å². The molecule has 0 bridgehead atoms. The SMILES string of the molecule is Cl.NC1(c2noc(-c3ccc(C4SCCCS4)cc3)n2)CCC1. The second-order valence-electron chi connectivity index (χ2n) is 5.98. The molecule has 124 valence electrons. The van der Waals surface area contributed by atoms with Gasteiger partial charge in [-0.25, -0.2) is 0 Å². The predicted molar refractivity (Wildman–Crippen MR) is 99.0 cm³/mol. The molecule has 7 heteroatoms. The molecule has 2 N–H and O–H groups in total. The minimum absolute atomic E-state index is 0. The summed E-state index contributed by atoms with van der Waals surface area (Å²) in [5, 5.41) is 4.08. The number of nitrogens with zero attached hydrogens (tertiary/aromatic N) is 2. The highest BCUT2D eigenvalue weighted by molar-refractivity contribution is 8.16. The van der Waals surface area contributed by atoms with Gasteiger partial charge in [-0.2, -0.15) is 4.98 Å². The highest BCUT2D eigenvalue weighted by Gasteiger charge is 2.39. The first-order valence-corrected chi connectivity index (χ1v) is 9.81. The second kappa shape index (κ2) is 7.05. The zero-order valence-electron chi connectivity index (χ0n) is 12.7. The van der Waals surface area contributed by atoms with Gasteiger partial charge in [0.15, 0.2) is 5.82 Å². The zero-order chi connectivity index (χ0) is 15.0. The van der Waals surface area contributed by atoms with Crippen LogP contribution in [0, 0.1) is 0 Å². The maximum Gasteiger partial charge on any atom is 0.257 e. The molecule has 4 nitrogen and oxygen atoms in total. The molecule has 2 fully saturated rings. The lowest BCUT2D eigenvalue weighted by atomic mass is 9.77. The van der Waals surface area contributed by atoms with Gasteiger partial charge in [0.2, 0.25) is 0 Å². The molecule has 0 radical (unpaired) electrons. The van der Waals surface area contributed by atoms with Crippen LogP contribution in [0.4, 0.5) is 0 Å². The number of hydrogen-bond donors (Lipinski definition) is 1. The monoisotopic (exact) mass is 369 g/mol. The number of aromatic nitrogens is 2. The van der Waals surface area contributed by atoms with Crippen molar-refractivity contribution in [3.8, 4) is 11.5 Å². The van der Waals surface area contributed by atoms with Gasteiger partial charge >= 0.3 is 0 Å². The molecule has 2 aliphatic rings. The van der Waals surface area contributed by atoms with E-state index in [1.807, 2.05) is 23.5 Å². The molecule has 23 heavy (non-hydrogen) atoms. The third kappa shape index (κ3) is 3.40. The average Bonchev–Trinajstić information content (AvgIpc) is 3.04. The van der Waals surface area contributed by atoms with Crippen molar-refractivity contribution < 1.29 is 4.52 Å². The first kappa shape index (κ1) is 17.1. The van der Waals surface area contributed by atoms with Crippen LogP contribution in [0.5, 0.6) is 0 Å². The molecule has 1 aliphatic carbocycles. The molecular formula is C16H20ClN3OS2. The van der Waals surface area contributed by atoms with E-state index < -0.39 is 0 Å². The molecule has 2 aromatic rings. The summed E-state index contributed by atoms with van der Waals surface area (Å²) >= 11 is 4.06. The van der Waals surface area contributed by atoms with Crippen LogP contribution in [-0.4, -0.2) is 21.6 Å². The van der Waals surface area contributed by atoms with E-state index >= 15 is 0 Å². The number of nitrogens with two attached hydrogens (primary N) is 1. The van der Waals surface area contributed by atoms with Gasteiger partial charge in [0.05, 0.1) is 10.1 Å². The van der Waals surface area contributed by atoms with Crippen LogP contribution in [0.2, 0.25) is 0 Å². The fourth-order valence-corrected chi connectivity index (χ4v) is 5.68. The van der Waals surface area contributed by atoms with E-state index in [1.165, 1.54) is 23.5 Å². The lowest BCUT2D eigenvalue weighted by Crippen LogP contribution is -2.44. The van der Waals surface area contributed by atoms with Crippen LogP contribution in [-0.2, 0) is 5.54 Å². The van der Waals surface area contributed by atoms with E-state index in [0.717, 1.165) is 24.8 Å². The van der Waals surface area contributed by atoms with Crippen LogP contribution < -0.4 is 5.73 Å². The van der Waals surface area contributed by atoms with Crippen molar-refractivity contribution in [3.63, 3.8) is 0 Å². The van der Waals surface area contributed by atoms with Crippen LogP contribution >= 0.6 is 35.9 Å². The molecular weight excluding hydrogens is 350 g/mol. The maximum absolute atomic E-state index is 6.25. The fourth-order valence-electron chi connectivity index (χ4n) is 2.79. The summed E-state index contributed by atoms with van der Waals surface area (Å²) in [4.78, 5) is 4.50. The van der Waals surface area contributed by atoms with Gasteiger partial charge in [-0.3, -0.25) is 0 Å². The van der Waals surface area contributed by atoms with Gasteiger partial charge in [-0.15, -0.1) is 35.9 Å². The highest BCUT2D eigenvalue weighted by Crippen LogP contribution is 2.44. The summed E-state index contributed by atoms with van der Waals surface area (Å²) in [5.74, 6) is 3.73. The maximum atomic E-state index is 6.25. The average molecular weight is 370 g/mol. The second-order valence-corrected chi connectivity index (χ2v) is 8.71. The molecule has 1 saturated carbocycles. The van der Waals surface area contributed by atoms with Crippen LogP contribution in [0.1, 0.15) is 41.7 Å². The van der Waals surface area contributed by atoms with Gasteiger partial charge < -0.3 is 10.3 Å². The largest absolute Gasteiger partial charge is 0.334 e. The molecule has 0 atom stereocenters. The molecule has 2 heterocycles. The van der Waals surface area contributed by atoms with Gasteiger partial charge in [0.25, 0.3) is 5.89 Å². The Hall–Kier alpha value is -0.690. The molecule has 1 aliphatic heterocycles. The Balaban J connectivity index is 0.00000156. The Labute approximate surface area is 150 Å². The smallest absolute Gasteiger partial charge is 0.257 e. The Bertz CT molecular complexity index is 652. The molecule has 4 rings (SSSR count). The number of hydrogen-bond acceptors (Lipinski definition) is 6. The minimum Gasteiger partial charge on any atom is -0.334 e. The Morgan fingerprint density at radius 1 is 1.09 bits per heavy atom. The zero-order valence-corrected chi connectivity index (χ0v) is 15.2. The Kier molecular flexibility index (Phi) is 5.26. The van der Waals surface area contributed by atoms with E-state index in [9.17, 15) is 0 Å². The van der Waals surface area contributed by atoms with Crippen molar-refractivity contribution in [3.05, 3.63) is 35.7 Å². The topological polar surface area (TPSA) is 64.9 Å². The van der Waals surface area contributed by atoms with Crippen molar-refractivity contribution in [1.82, 2.24) is 10.1 Å².